The van der Waals surface area contributed by atoms with Crippen LogP contribution in [0.4, 0.5) is 0 Å². The molecule has 0 heterocycles. The van der Waals surface area contributed by atoms with Gasteiger partial charge in [-0.2, -0.15) is 0 Å². The smallest absolute Gasteiger partial charge is 0 e. The molecule has 1 radical (unpaired) electrons. The van der Waals surface area contributed by atoms with Crippen molar-refractivity contribution in [2.45, 2.75) is 0 Å². The molecule has 0 spiro atoms. The topological polar surface area (TPSA) is 17.1 Å². The first-order valence-electron chi connectivity index (χ1n) is 0.154. The normalized spacial score (nSPS) is 1.00. The van der Waals surface area contributed by atoms with Crippen LogP contribution in [0.5, 0.6) is 0 Å². The Hall–Kier alpha value is 1.50. The van der Waals surface area contributed by atoms with Crippen LogP contribution >= 0.6 is 0 Å². The van der Waals surface area contributed by atoms with E-state index in [9.17, 15) is 0 Å². The summed E-state index contributed by atoms with van der Waals surface area (Å²) in [7, 11) is 0. The van der Waals surface area contributed by atoms with E-state index in [2.05, 4.69) is 0 Å². The second-order valence-corrected chi connectivity index (χ2v) is 0. The van der Waals surface area contributed by atoms with E-state index in [0.29, 0.717) is 0 Å². The Balaban J connectivity index is -0.00000000500. The van der Waals surface area contributed by atoms with E-state index in [0.717, 1.165) is 0 Å². The van der Waals surface area contributed by atoms with E-state index in [1.165, 1.54) is 0 Å². The van der Waals surface area contributed by atoms with Gasteiger partial charge in [0.25, 0.3) is 0 Å². The van der Waals surface area contributed by atoms with Gasteiger partial charge in [-0.05, 0) is 0 Å². The molecule has 0 unspecified atom stereocenters. The average Bonchev–Trinajstić information content (AvgIpc) is 1.00. The summed E-state index contributed by atoms with van der Waals surface area (Å²) in [5, 5.41) is 0. The van der Waals surface area contributed by atoms with Gasteiger partial charge in [-0.25, -0.2) is 0 Å². The molecule has 0 aromatic heterocycles. The van der Waals surface area contributed by atoms with Gasteiger partial charge in [0.2, 0.25) is 0 Å². The summed E-state index contributed by atoms with van der Waals surface area (Å²) in [4.78, 5) is 0. The van der Waals surface area contributed by atoms with Crippen molar-refractivity contribution in [1.29, 1.82) is 0 Å². The van der Waals surface area contributed by atoms with Crippen LogP contribution in [0.15, 0.2) is 0 Å². The van der Waals surface area contributed by atoms with Gasteiger partial charge in [0.1, 0.15) is 0 Å². The molecule has 4 heavy (non-hydrogen) atoms. The summed E-state index contributed by atoms with van der Waals surface area (Å²) in [6.45, 7) is 0. The Bertz CT molecular complexity index is 8.00. The molecule has 0 amide bonds. The Labute approximate surface area is 57.0 Å². The quantitative estimate of drug-likeness (QED) is 0.393. The summed E-state index contributed by atoms with van der Waals surface area (Å²) < 4.78 is 8.06. The SMILES string of the molecule is [LiH].[O]=[Mn].[V]. The van der Waals surface area contributed by atoms with Crippen molar-refractivity contribution in [3.63, 3.8) is 0 Å². The summed E-state index contributed by atoms with van der Waals surface area (Å²) >= 11 is 1.69. The molecule has 0 aliphatic rings. The third-order valence-corrected chi connectivity index (χ3v) is 0. The third-order valence-electron chi connectivity index (χ3n) is 0. The Morgan fingerprint density at radius 3 is 1.25 bits per heavy atom. The first-order chi connectivity index (χ1) is 1.00. The van der Waals surface area contributed by atoms with E-state index in [1.54, 1.807) is 15.9 Å². The van der Waals surface area contributed by atoms with Crippen LogP contribution < -0.4 is 0 Å². The maximum atomic E-state index is 8.06. The van der Waals surface area contributed by atoms with Gasteiger partial charge in [0.05, 0.1) is 0 Å². The monoisotopic (exact) mass is 130 g/mol. The van der Waals surface area contributed by atoms with Crippen LogP contribution in [0, 0.1) is 0 Å². The zero-order chi connectivity index (χ0) is 2.00. The van der Waals surface area contributed by atoms with Crippen molar-refractivity contribution < 1.29 is 38.3 Å². The minimum absolute atomic E-state index is 0. The van der Waals surface area contributed by atoms with Crippen molar-refractivity contribution in [3.05, 3.63) is 0 Å². The summed E-state index contributed by atoms with van der Waals surface area (Å²) in [5.41, 5.74) is 0. The molecule has 0 rings (SSSR count). The van der Waals surface area contributed by atoms with Crippen molar-refractivity contribution in [3.8, 4) is 0 Å². The van der Waals surface area contributed by atoms with Crippen LogP contribution in [0.1, 0.15) is 0 Å². The molecule has 0 fully saturated rings. The minimum Gasteiger partial charge on any atom is 0 e. The summed E-state index contributed by atoms with van der Waals surface area (Å²) in [6.07, 6.45) is 0. The van der Waals surface area contributed by atoms with Crippen LogP contribution in [0.3, 0.4) is 0 Å². The Morgan fingerprint density at radius 1 is 1.25 bits per heavy atom. The van der Waals surface area contributed by atoms with Gasteiger partial charge in [-0.1, -0.05) is 0 Å². The predicted molar refractivity (Wildman–Crippen MR) is 7.84 cm³/mol. The molecule has 0 atom stereocenters. The van der Waals surface area contributed by atoms with E-state index < -0.39 is 0 Å². The third kappa shape index (κ3) is 9.72. The van der Waals surface area contributed by atoms with Crippen molar-refractivity contribution in [2.24, 2.45) is 0 Å². The molecule has 0 aromatic carbocycles. The van der Waals surface area contributed by atoms with Gasteiger partial charge in [0.15, 0.2) is 0 Å². The molecule has 0 bridgehead atoms. The fourth-order valence-electron chi connectivity index (χ4n) is 0. The molecule has 0 saturated carbocycles. The summed E-state index contributed by atoms with van der Waals surface area (Å²) in [5.74, 6) is 0. The molecule has 0 aromatic rings. The van der Waals surface area contributed by atoms with E-state index in [1.807, 2.05) is 0 Å². The molecular weight excluding hydrogens is 129 g/mol. The average molecular weight is 130 g/mol. The summed E-state index contributed by atoms with van der Waals surface area (Å²) in [6, 6.07) is 0. The Kier molecular flexibility index (Phi) is 109. The number of rotatable bonds is 0. The zero-order valence-electron chi connectivity index (χ0n) is 1.23. The first kappa shape index (κ1) is 17.8. The van der Waals surface area contributed by atoms with Gasteiger partial charge < -0.3 is 0 Å². The van der Waals surface area contributed by atoms with Crippen molar-refractivity contribution in [2.75, 3.05) is 0 Å². The standard InChI is InChI=1S/Li.Mn.O.V.H. The van der Waals surface area contributed by atoms with Crippen LogP contribution in [0.2, 0.25) is 0 Å². The maximum Gasteiger partial charge on any atom is 0 e. The minimum atomic E-state index is 0. The van der Waals surface area contributed by atoms with Crippen molar-refractivity contribution >= 4 is 18.9 Å². The number of hydrogen-bond donors (Lipinski definition) is 0. The second kappa shape index (κ2) is 24.5. The first-order valence-corrected chi connectivity index (χ1v) is 0.636. The Morgan fingerprint density at radius 2 is 1.25 bits per heavy atom. The molecule has 0 N–H and O–H groups in total. The molecule has 0 aliphatic carbocycles. The van der Waals surface area contributed by atoms with Gasteiger partial charge in [-0.3, -0.25) is 0 Å². The molecule has 0 aliphatic heterocycles. The molecule has 4 heteroatoms. The number of hydrogen-bond acceptors (Lipinski definition) is 1. The maximum absolute atomic E-state index is 8.06. The molecular formula is HLiMnOV. The van der Waals surface area contributed by atoms with Crippen LogP contribution in [0.25, 0.3) is 0 Å². The van der Waals surface area contributed by atoms with E-state index in [-0.39, 0.29) is 37.4 Å². The zero-order valence-corrected chi connectivity index (χ0v) is 3.81. The van der Waals surface area contributed by atoms with Crippen LogP contribution in [-0.2, 0) is 38.3 Å². The second-order valence-electron chi connectivity index (χ2n) is 0. The van der Waals surface area contributed by atoms with E-state index in [4.69, 9.17) is 3.83 Å². The van der Waals surface area contributed by atoms with Gasteiger partial charge >= 0.3 is 38.6 Å². The fourth-order valence-corrected chi connectivity index (χ4v) is 0. The molecule has 20 valence electrons. The molecule has 1 nitrogen and oxygen atoms in total. The van der Waals surface area contributed by atoms with Crippen molar-refractivity contribution in [1.82, 2.24) is 0 Å². The van der Waals surface area contributed by atoms with Crippen LogP contribution in [-0.4, -0.2) is 18.9 Å². The fraction of sp³-hybridized carbons (Fsp3) is 0. The van der Waals surface area contributed by atoms with E-state index >= 15 is 0 Å². The van der Waals surface area contributed by atoms with Gasteiger partial charge in [-0.15, -0.1) is 0 Å². The largest absolute Gasteiger partial charge is 0 e. The van der Waals surface area contributed by atoms with Gasteiger partial charge in [0, 0.05) is 18.6 Å². The molecule has 0 saturated heterocycles. The predicted octanol–water partition coefficient (Wildman–Crippen LogP) is -0.772.